The van der Waals surface area contributed by atoms with E-state index in [1.165, 1.54) is 17.5 Å². The summed E-state index contributed by atoms with van der Waals surface area (Å²) in [5.74, 6) is 0.559. The SMILES string of the molecule is C=CCc1ccc(OCC(=O)Nc2cc(S(=O)(=O)N3CCCCC3)ccc2N(C)C)c(OC)c1. The number of nitrogens with zero attached hydrogens (tertiary/aromatic N) is 2. The van der Waals surface area contributed by atoms with Crippen molar-refractivity contribution in [2.75, 3.05) is 51.1 Å². The average Bonchev–Trinajstić information content (AvgIpc) is 2.83. The van der Waals surface area contributed by atoms with Gasteiger partial charge in [0.15, 0.2) is 18.1 Å². The lowest BCUT2D eigenvalue weighted by Crippen LogP contribution is -2.35. The summed E-state index contributed by atoms with van der Waals surface area (Å²) in [6, 6.07) is 10.3. The Morgan fingerprint density at radius 2 is 1.85 bits per heavy atom. The largest absolute Gasteiger partial charge is 0.493 e. The number of piperidine rings is 1. The van der Waals surface area contributed by atoms with E-state index in [4.69, 9.17) is 9.47 Å². The Hall–Kier alpha value is -3.04. The molecular formula is C25H33N3O5S. The normalized spacial score (nSPS) is 14.3. The van der Waals surface area contributed by atoms with Crippen molar-refractivity contribution in [2.45, 2.75) is 30.6 Å². The Bertz CT molecular complexity index is 1130. The number of allylic oxidation sites excluding steroid dienone is 1. The first kappa shape index (κ1) is 25.6. The summed E-state index contributed by atoms with van der Waals surface area (Å²) >= 11 is 0. The number of nitrogens with one attached hydrogen (secondary N) is 1. The standard InChI is InChI=1S/C25H33N3O5S/c1-5-9-19-10-13-23(24(16-19)32-4)33-18-25(29)26-21-17-20(11-12-22(21)27(2)3)34(30,31)28-14-7-6-8-15-28/h5,10-13,16-17H,1,6-9,14-15,18H2,2-4H3,(H,26,29). The zero-order valence-electron chi connectivity index (χ0n) is 20.0. The molecule has 184 valence electrons. The first-order valence-electron chi connectivity index (χ1n) is 11.3. The van der Waals surface area contributed by atoms with Gasteiger partial charge in [-0.3, -0.25) is 4.79 Å². The van der Waals surface area contributed by atoms with E-state index in [9.17, 15) is 13.2 Å². The van der Waals surface area contributed by atoms with Crippen LogP contribution >= 0.6 is 0 Å². The van der Waals surface area contributed by atoms with E-state index in [2.05, 4.69) is 11.9 Å². The second kappa shape index (κ2) is 11.4. The minimum Gasteiger partial charge on any atom is -0.493 e. The van der Waals surface area contributed by atoms with Crippen molar-refractivity contribution < 1.29 is 22.7 Å². The van der Waals surface area contributed by atoms with Crippen LogP contribution in [0.3, 0.4) is 0 Å². The van der Waals surface area contributed by atoms with Gasteiger partial charge in [0.2, 0.25) is 10.0 Å². The lowest BCUT2D eigenvalue weighted by molar-refractivity contribution is -0.118. The van der Waals surface area contributed by atoms with Crippen LogP contribution in [0.15, 0.2) is 53.9 Å². The molecule has 0 atom stereocenters. The molecule has 0 radical (unpaired) electrons. The third-order valence-electron chi connectivity index (χ3n) is 5.64. The number of rotatable bonds is 10. The molecule has 2 aromatic rings. The van der Waals surface area contributed by atoms with Crippen LogP contribution in [0.5, 0.6) is 11.5 Å². The zero-order valence-corrected chi connectivity index (χ0v) is 20.9. The minimum atomic E-state index is -3.63. The molecule has 1 fully saturated rings. The Labute approximate surface area is 202 Å². The van der Waals surface area contributed by atoms with Crippen molar-refractivity contribution in [3.8, 4) is 11.5 Å². The summed E-state index contributed by atoms with van der Waals surface area (Å²) in [6.45, 7) is 4.50. The molecule has 1 aliphatic rings. The van der Waals surface area contributed by atoms with Gasteiger partial charge in [-0.1, -0.05) is 18.6 Å². The van der Waals surface area contributed by atoms with Crippen molar-refractivity contribution in [3.05, 3.63) is 54.6 Å². The van der Waals surface area contributed by atoms with Crippen molar-refractivity contribution in [1.82, 2.24) is 4.31 Å². The number of ether oxygens (including phenoxy) is 2. The highest BCUT2D eigenvalue weighted by Crippen LogP contribution is 2.31. The number of benzene rings is 2. The fourth-order valence-corrected chi connectivity index (χ4v) is 5.42. The number of hydrogen-bond acceptors (Lipinski definition) is 6. The predicted molar refractivity (Wildman–Crippen MR) is 134 cm³/mol. The lowest BCUT2D eigenvalue weighted by atomic mass is 10.1. The van der Waals surface area contributed by atoms with Crippen LogP contribution in [0.1, 0.15) is 24.8 Å². The van der Waals surface area contributed by atoms with E-state index in [1.807, 2.05) is 31.1 Å². The van der Waals surface area contributed by atoms with Crippen molar-refractivity contribution in [1.29, 1.82) is 0 Å². The monoisotopic (exact) mass is 487 g/mol. The molecule has 1 amide bonds. The fourth-order valence-electron chi connectivity index (χ4n) is 3.87. The maximum absolute atomic E-state index is 13.1. The summed E-state index contributed by atoms with van der Waals surface area (Å²) in [5, 5.41) is 2.80. The molecule has 0 aromatic heterocycles. The number of sulfonamides is 1. The number of carbonyl (C=O) groups excluding carboxylic acids is 1. The molecule has 0 unspecified atom stereocenters. The van der Waals surface area contributed by atoms with Gasteiger partial charge in [-0.2, -0.15) is 4.31 Å². The molecule has 3 rings (SSSR count). The molecule has 1 saturated heterocycles. The molecule has 2 aromatic carbocycles. The molecule has 0 bridgehead atoms. The molecule has 0 spiro atoms. The average molecular weight is 488 g/mol. The van der Waals surface area contributed by atoms with E-state index < -0.39 is 15.9 Å². The first-order valence-corrected chi connectivity index (χ1v) is 12.7. The number of amides is 1. The number of carbonyl (C=O) groups is 1. The Kier molecular flexibility index (Phi) is 8.57. The van der Waals surface area contributed by atoms with E-state index in [1.54, 1.807) is 24.3 Å². The zero-order chi connectivity index (χ0) is 24.7. The van der Waals surface area contributed by atoms with Crippen molar-refractivity contribution in [3.63, 3.8) is 0 Å². The van der Waals surface area contributed by atoms with Crippen LogP contribution in [0, 0.1) is 0 Å². The van der Waals surface area contributed by atoms with Gasteiger partial charge in [0.1, 0.15) is 0 Å². The van der Waals surface area contributed by atoms with Crippen molar-refractivity contribution >= 4 is 27.3 Å². The second-order valence-electron chi connectivity index (χ2n) is 8.35. The smallest absolute Gasteiger partial charge is 0.262 e. The van der Waals surface area contributed by atoms with Crippen LogP contribution < -0.4 is 19.7 Å². The molecule has 0 saturated carbocycles. The number of methoxy groups -OCH3 is 1. The van der Waals surface area contributed by atoms with E-state index in [0.717, 1.165) is 24.8 Å². The summed E-state index contributed by atoms with van der Waals surface area (Å²) in [6.07, 6.45) is 5.24. The molecule has 1 heterocycles. The third-order valence-corrected chi connectivity index (χ3v) is 7.54. The van der Waals surface area contributed by atoms with Crippen LogP contribution in [0.2, 0.25) is 0 Å². The maximum atomic E-state index is 13.1. The maximum Gasteiger partial charge on any atom is 0.262 e. The van der Waals surface area contributed by atoms with Crippen LogP contribution in [-0.4, -0.2) is 59.5 Å². The molecule has 0 aliphatic carbocycles. The molecule has 1 N–H and O–H groups in total. The second-order valence-corrected chi connectivity index (χ2v) is 10.3. The highest BCUT2D eigenvalue weighted by atomic mass is 32.2. The first-order chi connectivity index (χ1) is 16.3. The highest BCUT2D eigenvalue weighted by molar-refractivity contribution is 7.89. The summed E-state index contributed by atoms with van der Waals surface area (Å²) in [5.41, 5.74) is 2.12. The van der Waals surface area contributed by atoms with Crippen molar-refractivity contribution in [2.24, 2.45) is 0 Å². The highest BCUT2D eigenvalue weighted by Gasteiger charge is 2.27. The van der Waals surface area contributed by atoms with Crippen LogP contribution in [0.25, 0.3) is 0 Å². The molecule has 1 aliphatic heterocycles. The topological polar surface area (TPSA) is 88.2 Å². The fraction of sp³-hybridized carbons (Fsp3) is 0.400. The lowest BCUT2D eigenvalue weighted by Gasteiger charge is -2.26. The van der Waals surface area contributed by atoms with Gasteiger partial charge >= 0.3 is 0 Å². The molecule has 8 nitrogen and oxygen atoms in total. The Balaban J connectivity index is 1.76. The molecule has 34 heavy (non-hydrogen) atoms. The van der Waals surface area contributed by atoms with Gasteiger partial charge < -0.3 is 19.7 Å². The summed E-state index contributed by atoms with van der Waals surface area (Å²) in [7, 11) is 1.57. The number of hydrogen-bond donors (Lipinski definition) is 1. The van der Waals surface area contributed by atoms with E-state index in [-0.39, 0.29) is 11.5 Å². The number of anilines is 2. The Morgan fingerprint density at radius 1 is 1.12 bits per heavy atom. The van der Waals surface area contributed by atoms with Crippen LogP contribution in [-0.2, 0) is 21.2 Å². The Morgan fingerprint density at radius 3 is 2.50 bits per heavy atom. The van der Waals surface area contributed by atoms with Gasteiger partial charge in [-0.25, -0.2) is 8.42 Å². The third kappa shape index (κ3) is 6.09. The molecular weight excluding hydrogens is 454 g/mol. The van der Waals surface area contributed by atoms with Gasteiger partial charge in [0, 0.05) is 27.2 Å². The predicted octanol–water partition coefficient (Wildman–Crippen LogP) is 3.68. The van der Waals surface area contributed by atoms with E-state index in [0.29, 0.717) is 42.4 Å². The van der Waals surface area contributed by atoms with Crippen LogP contribution in [0.4, 0.5) is 11.4 Å². The van der Waals surface area contributed by atoms with Gasteiger partial charge in [-0.05, 0) is 55.2 Å². The van der Waals surface area contributed by atoms with Gasteiger partial charge in [-0.15, -0.1) is 6.58 Å². The summed E-state index contributed by atoms with van der Waals surface area (Å²) < 4.78 is 38.8. The minimum absolute atomic E-state index is 0.163. The van der Waals surface area contributed by atoms with Gasteiger partial charge in [0.05, 0.1) is 23.4 Å². The van der Waals surface area contributed by atoms with E-state index >= 15 is 0 Å². The quantitative estimate of drug-likeness (QED) is 0.515. The van der Waals surface area contributed by atoms with Gasteiger partial charge in [0.25, 0.3) is 5.91 Å². The summed E-state index contributed by atoms with van der Waals surface area (Å²) in [4.78, 5) is 14.7. The molecule has 9 heteroatoms.